The largest absolute Gasteiger partial charge is 0.508 e. The van der Waals surface area contributed by atoms with Gasteiger partial charge in [0.2, 0.25) is 11.8 Å². The molecule has 4 aliphatic rings. The maximum absolute atomic E-state index is 13.8. The molecule has 2 aromatic rings. The Morgan fingerprint density at radius 1 is 1.00 bits per heavy atom. The molecule has 4 atom stereocenters. The van der Waals surface area contributed by atoms with Crippen molar-refractivity contribution in [3.05, 3.63) is 98.6 Å². The lowest BCUT2D eigenvalue weighted by Crippen LogP contribution is -2.39. The van der Waals surface area contributed by atoms with Gasteiger partial charge in [-0.3, -0.25) is 24.1 Å². The Bertz CT molecular complexity index is 1480. The predicted molar refractivity (Wildman–Crippen MR) is 139 cm³/mol. The maximum atomic E-state index is 13.8. The number of rotatable bonds is 3. The fraction of sp³-hybridized carbons (Fsp3) is 0.267. The van der Waals surface area contributed by atoms with E-state index in [1.54, 1.807) is 25.1 Å². The van der Waals surface area contributed by atoms with Crippen LogP contribution in [-0.4, -0.2) is 33.4 Å². The van der Waals surface area contributed by atoms with E-state index in [-0.39, 0.29) is 42.1 Å². The number of halogens is 1. The zero-order chi connectivity index (χ0) is 26.0. The second-order valence-corrected chi connectivity index (χ2v) is 11.1. The van der Waals surface area contributed by atoms with Crippen molar-refractivity contribution in [3.63, 3.8) is 0 Å². The number of fused-ring (bicyclic) bond motifs is 3. The first kappa shape index (κ1) is 23.8. The van der Waals surface area contributed by atoms with E-state index >= 15 is 0 Å². The Morgan fingerprint density at radius 2 is 1.76 bits per heavy atom. The Hall–Kier alpha value is -3.58. The number of ketones is 2. The zero-order valence-corrected chi connectivity index (χ0v) is 21.7. The predicted octanol–water partition coefficient (Wildman–Crippen LogP) is 4.78. The lowest BCUT2D eigenvalue weighted by molar-refractivity contribution is -0.140. The van der Waals surface area contributed by atoms with Gasteiger partial charge in [-0.25, -0.2) is 0 Å². The van der Waals surface area contributed by atoms with Gasteiger partial charge < -0.3 is 5.11 Å². The zero-order valence-electron chi connectivity index (χ0n) is 20.1. The first-order valence-corrected chi connectivity index (χ1v) is 13.1. The normalized spacial score (nSPS) is 27.0. The van der Waals surface area contributed by atoms with Gasteiger partial charge in [0.25, 0.3) is 0 Å². The van der Waals surface area contributed by atoms with E-state index in [1.165, 1.54) is 11.0 Å². The number of nitrogens with zero attached hydrogens (tertiary/aromatic N) is 1. The number of hydrogen-bond acceptors (Lipinski definition) is 5. The van der Waals surface area contributed by atoms with E-state index in [0.717, 1.165) is 15.6 Å². The van der Waals surface area contributed by atoms with E-state index in [4.69, 9.17) is 0 Å². The van der Waals surface area contributed by atoms with Gasteiger partial charge in [-0.05, 0) is 55.5 Å². The molecule has 0 aromatic heterocycles. The Morgan fingerprint density at radius 3 is 2.51 bits per heavy atom. The molecule has 186 valence electrons. The fourth-order valence-electron chi connectivity index (χ4n) is 6.46. The molecule has 1 N–H and O–H groups in total. The van der Waals surface area contributed by atoms with Crippen LogP contribution in [-0.2, 0) is 25.7 Å². The van der Waals surface area contributed by atoms with Gasteiger partial charge in [0.1, 0.15) is 5.75 Å². The first-order chi connectivity index (χ1) is 17.8. The molecule has 6 rings (SSSR count). The highest BCUT2D eigenvalue weighted by Crippen LogP contribution is 2.56. The van der Waals surface area contributed by atoms with Crippen LogP contribution in [0.4, 0.5) is 0 Å². The van der Waals surface area contributed by atoms with Crippen LogP contribution in [0.25, 0.3) is 0 Å². The summed E-state index contributed by atoms with van der Waals surface area (Å²) in [6, 6.07) is 14.4. The van der Waals surface area contributed by atoms with Crippen molar-refractivity contribution >= 4 is 39.3 Å². The molecule has 0 spiro atoms. The molecule has 1 aliphatic heterocycles. The van der Waals surface area contributed by atoms with Crippen molar-refractivity contribution in [1.82, 2.24) is 4.90 Å². The summed E-state index contributed by atoms with van der Waals surface area (Å²) in [5.74, 6) is -3.09. The number of amides is 2. The number of carbonyl (C=O) groups is 4. The lowest BCUT2D eigenvalue weighted by atomic mass is 9.59. The number of carbonyl (C=O) groups excluding carboxylic acids is 4. The molecule has 0 saturated carbocycles. The highest BCUT2D eigenvalue weighted by molar-refractivity contribution is 9.10. The fourth-order valence-corrected chi connectivity index (χ4v) is 6.84. The summed E-state index contributed by atoms with van der Waals surface area (Å²) in [6.45, 7) is 1.83. The molecule has 6 nitrogen and oxygen atoms in total. The highest BCUT2D eigenvalue weighted by atomic mass is 79.9. The van der Waals surface area contributed by atoms with Crippen molar-refractivity contribution in [1.29, 1.82) is 0 Å². The summed E-state index contributed by atoms with van der Waals surface area (Å²) in [4.78, 5) is 55.1. The second kappa shape index (κ2) is 8.77. The van der Waals surface area contributed by atoms with Crippen LogP contribution >= 0.6 is 15.9 Å². The molecule has 0 bridgehead atoms. The van der Waals surface area contributed by atoms with Crippen LogP contribution in [0.15, 0.2) is 87.4 Å². The van der Waals surface area contributed by atoms with Crippen LogP contribution < -0.4 is 0 Å². The molecule has 1 heterocycles. The molecule has 3 aliphatic carbocycles. The molecule has 1 saturated heterocycles. The minimum atomic E-state index is -0.668. The smallest absolute Gasteiger partial charge is 0.234 e. The Balaban J connectivity index is 1.47. The molecular weight excluding hydrogens is 534 g/mol. The number of hydrogen-bond donors (Lipinski definition) is 1. The van der Waals surface area contributed by atoms with Gasteiger partial charge in [-0.15, -0.1) is 0 Å². The van der Waals surface area contributed by atoms with Crippen LogP contribution in [0.5, 0.6) is 5.75 Å². The van der Waals surface area contributed by atoms with Crippen LogP contribution in [0.1, 0.15) is 36.8 Å². The number of likely N-dealkylation sites (tertiary alicyclic amines) is 1. The summed E-state index contributed by atoms with van der Waals surface area (Å²) in [5.41, 5.74) is 3.31. The number of imide groups is 1. The summed E-state index contributed by atoms with van der Waals surface area (Å²) in [5, 5.41) is 10.9. The number of phenolic OH excluding ortho intramolecular Hbond substituents is 1. The second-order valence-electron chi connectivity index (χ2n) is 10.2. The van der Waals surface area contributed by atoms with Crippen molar-refractivity contribution in [2.45, 2.75) is 32.2 Å². The molecular formula is C30H24BrNO5. The molecule has 2 aromatic carbocycles. The van der Waals surface area contributed by atoms with Crippen LogP contribution in [0, 0.1) is 17.8 Å². The Labute approximate surface area is 222 Å². The summed E-state index contributed by atoms with van der Waals surface area (Å²) in [6.07, 6.45) is 3.91. The number of allylic oxidation sites excluding steroid dienone is 6. The topological polar surface area (TPSA) is 91.8 Å². The third-order valence-electron chi connectivity index (χ3n) is 8.14. The van der Waals surface area contributed by atoms with E-state index in [0.29, 0.717) is 28.7 Å². The highest BCUT2D eigenvalue weighted by Gasteiger charge is 2.56. The average Bonchev–Trinajstić information content (AvgIpc) is 3.13. The van der Waals surface area contributed by atoms with Crippen molar-refractivity contribution < 1.29 is 24.3 Å². The third kappa shape index (κ3) is 3.67. The SMILES string of the molecule is CC1=CC(=O)C2=C(C1=O)[C@@H](c1cc(Br)ccc1O)C1=CC[C@@H]3C(=O)N(Cc4ccccc4)C(=O)[C@@H]3[C@@H]1C2. The van der Waals surface area contributed by atoms with E-state index in [2.05, 4.69) is 15.9 Å². The van der Waals surface area contributed by atoms with Gasteiger partial charge in [-0.2, -0.15) is 0 Å². The van der Waals surface area contributed by atoms with E-state index < -0.39 is 23.7 Å². The molecule has 37 heavy (non-hydrogen) atoms. The number of Topliss-reactive ketones (excluding diaryl/α,β-unsaturated/α-hetero) is 1. The van der Waals surface area contributed by atoms with Crippen molar-refractivity contribution in [3.8, 4) is 5.75 Å². The van der Waals surface area contributed by atoms with E-state index in [9.17, 15) is 24.3 Å². The van der Waals surface area contributed by atoms with Gasteiger partial charge >= 0.3 is 0 Å². The summed E-state index contributed by atoms with van der Waals surface area (Å²) < 4.78 is 0.724. The maximum Gasteiger partial charge on any atom is 0.234 e. The average molecular weight is 558 g/mol. The van der Waals surface area contributed by atoms with Crippen LogP contribution in [0.3, 0.4) is 0 Å². The monoisotopic (exact) mass is 557 g/mol. The molecule has 7 heteroatoms. The third-order valence-corrected chi connectivity index (χ3v) is 8.63. The van der Waals surface area contributed by atoms with Gasteiger partial charge in [0.15, 0.2) is 11.6 Å². The number of phenols is 1. The summed E-state index contributed by atoms with van der Waals surface area (Å²) >= 11 is 3.46. The number of aromatic hydroxyl groups is 1. The van der Waals surface area contributed by atoms with Crippen LogP contribution in [0.2, 0.25) is 0 Å². The molecule has 2 amide bonds. The van der Waals surface area contributed by atoms with Gasteiger partial charge in [-0.1, -0.05) is 57.9 Å². The standard InChI is InChI=1S/C30H24BrNO5/c1-15-11-24(34)22-13-20-18(25(27(22)28(15)35)21-12-17(31)7-10-23(21)33)8-9-19-26(20)30(37)32(29(19)36)14-16-5-3-2-4-6-16/h2-8,10-12,19-20,25-26,33H,9,13-14H2,1H3/t19-,20+,25+,26-/m0/s1. The Kier molecular flexibility index (Phi) is 5.64. The molecule has 0 radical (unpaired) electrons. The molecule has 0 unspecified atom stereocenters. The van der Waals surface area contributed by atoms with E-state index in [1.807, 2.05) is 36.4 Å². The summed E-state index contributed by atoms with van der Waals surface area (Å²) in [7, 11) is 0. The van der Waals surface area contributed by atoms with Crippen molar-refractivity contribution in [2.24, 2.45) is 17.8 Å². The lowest BCUT2D eigenvalue weighted by Gasteiger charge is -2.42. The first-order valence-electron chi connectivity index (χ1n) is 12.3. The molecule has 1 fully saturated rings. The van der Waals surface area contributed by atoms with Crippen molar-refractivity contribution in [2.75, 3.05) is 0 Å². The minimum absolute atomic E-state index is 0.00991. The van der Waals surface area contributed by atoms with Gasteiger partial charge in [0, 0.05) is 32.7 Å². The number of benzene rings is 2. The van der Waals surface area contributed by atoms with Gasteiger partial charge in [0.05, 0.1) is 18.4 Å². The minimum Gasteiger partial charge on any atom is -0.508 e. The quantitative estimate of drug-likeness (QED) is 0.333.